The number of hydrogen-bond acceptors (Lipinski definition) is 2. The second-order valence-electron chi connectivity index (χ2n) is 13.8. The lowest BCUT2D eigenvalue weighted by atomic mass is 9.77. The van der Waals surface area contributed by atoms with Crippen molar-refractivity contribution in [3.8, 4) is 44.5 Å². The SMILES string of the molecule is [2H]c1c([2H])c([2H])c2c(c1[2H])-c1c([2H])c([2H])c(N(c3c([2H])c([2H])c([2H])c(-c4c([2H])c([2H])c5c([2H])c([2H])c([2H])c([2H])c5c4-c4c([2H])c([2H])c5c(c4[2H])-c4c([2H])c([2H])c([2H])c([2H])c4C5(C([2H])([2H])[2H])C([2H])([2H])C)c3[2H])c3c([2H])c([2H])c4c(oc5c([2H])c([2H])c([2H])c([2H])c54)c3[2H])c([2H])c1C2(C([2H])([2H])[2H])C([2H])([2H])[2H]. The Morgan fingerprint density at radius 1 is 0.475 bits per heavy atom. The van der Waals surface area contributed by atoms with Gasteiger partial charge in [0.15, 0.2) is 0 Å². The summed E-state index contributed by atoms with van der Waals surface area (Å²) in [6.07, 6.45) is -3.27. The van der Waals surface area contributed by atoms with Crippen molar-refractivity contribution in [2.24, 2.45) is 0 Å². The van der Waals surface area contributed by atoms with E-state index in [1.165, 1.54) is 0 Å². The second-order valence-corrected chi connectivity index (χ2v) is 13.8. The second kappa shape index (κ2) is 13.2. The average Bonchev–Trinajstić information content (AvgIpc) is 1.52. The van der Waals surface area contributed by atoms with Crippen LogP contribution in [0, 0.1) is 0 Å². The molecule has 0 fully saturated rings. The summed E-state index contributed by atoms with van der Waals surface area (Å²) in [5.74, 6) is 0. The highest BCUT2D eigenvalue weighted by molar-refractivity contribution is 6.07. The molecule has 2 aliphatic rings. The lowest BCUT2D eigenvalue weighted by Crippen LogP contribution is -2.18. The summed E-state index contributed by atoms with van der Waals surface area (Å²) in [6, 6.07) is -39.7. The Labute approximate surface area is 416 Å². The van der Waals surface area contributed by atoms with Gasteiger partial charge in [-0.2, -0.15) is 0 Å². The van der Waals surface area contributed by atoms with Crippen LogP contribution in [0.5, 0.6) is 0 Å². The molecule has 9 aromatic carbocycles. The lowest BCUT2D eigenvalue weighted by molar-refractivity contribution is 0.564. The van der Waals surface area contributed by atoms with E-state index >= 15 is 0 Å². The molecule has 10 aromatic rings. The zero-order valence-corrected chi connectivity index (χ0v) is 30.9. The van der Waals surface area contributed by atoms with Crippen LogP contribution in [-0.4, -0.2) is 0 Å². The van der Waals surface area contributed by atoms with E-state index < -0.39 is 342 Å². The molecule has 0 radical (unpaired) electrons. The van der Waals surface area contributed by atoms with Crippen LogP contribution in [0.2, 0.25) is 0 Å². The van der Waals surface area contributed by atoms with Crippen molar-refractivity contribution in [1.82, 2.24) is 0 Å². The first-order chi connectivity index (χ1) is 47.2. The number of hydrogen-bond donors (Lipinski definition) is 0. The monoisotopic (exact) mass is 826 g/mol. The smallest absolute Gasteiger partial charge is 0.137 e. The van der Waals surface area contributed by atoms with Crippen LogP contribution >= 0.6 is 0 Å². The zero-order chi connectivity index (χ0) is 77.3. The number of nitrogens with zero attached hydrogens (tertiary/aromatic N) is 1. The summed E-state index contributed by atoms with van der Waals surface area (Å²) in [7, 11) is 0. The van der Waals surface area contributed by atoms with Crippen molar-refractivity contribution >= 4 is 49.8 Å². The van der Waals surface area contributed by atoms with Crippen molar-refractivity contribution in [2.75, 3.05) is 4.90 Å². The fourth-order valence-electron chi connectivity index (χ4n) is 7.69. The highest BCUT2D eigenvalue weighted by Crippen LogP contribution is 2.54. The van der Waals surface area contributed by atoms with E-state index in [-0.39, 0.29) is 4.90 Å². The number of anilines is 3. The molecule has 0 amide bonds. The van der Waals surface area contributed by atoms with E-state index in [4.69, 9.17) is 35.9 Å². The minimum absolute atomic E-state index is 0.0965. The number of furan rings is 1. The Hall–Kier alpha value is -7.16. The molecule has 1 atom stereocenters. The summed E-state index contributed by atoms with van der Waals surface area (Å²) in [5, 5.41) is -3.43. The standard InChI is InChI=1S/C59H45NO/c1-5-59(4)52-23-12-9-20-46(52)50-34-39(26-32-53(50)59)57-43-18-7-6-15-37(43)25-29-44(57)38-16-14-17-40(33-38)60(42-28-31-49-48-21-10-13-24-55(48)61-56(49)36-42)41-27-30-47-45-19-8-11-22-51(45)58(2,3)54(47)35-41/h6-36H,5H2,1-4H3/i2D3,3D3,4D3,5D2,6D,7D,8D,9D,10D,11D,12D,13D,14D,15D,16D,17D,18D,19D,20D,21D,22D,23D,24D,25D,26D,27D,28D,29D,30D,31D,32D,33D,34D,35D,36D. The number of fused-ring (bicyclic) bond motifs is 10. The maximum Gasteiger partial charge on any atom is 0.137 e. The number of benzene rings is 9. The molecule has 0 N–H and O–H groups in total. The molecule has 0 bridgehead atoms. The van der Waals surface area contributed by atoms with Gasteiger partial charge in [0.1, 0.15) is 11.2 Å². The first-order valence-corrected chi connectivity index (χ1v) is 18.1. The molecule has 1 heterocycles. The maximum absolute atomic E-state index is 10.5. The number of rotatable bonds is 6. The molecule has 12 rings (SSSR count). The first kappa shape index (κ1) is 13.2. The van der Waals surface area contributed by atoms with Crippen LogP contribution in [0.15, 0.2) is 192 Å². The van der Waals surface area contributed by atoms with Gasteiger partial charge in [-0.3, -0.25) is 0 Å². The van der Waals surface area contributed by atoms with Gasteiger partial charge in [0.25, 0.3) is 0 Å². The third-order valence-electron chi connectivity index (χ3n) is 10.5. The fraction of sp³-hybridized carbons (Fsp3) is 0.119. The normalized spacial score (nSPS) is 26.4. The van der Waals surface area contributed by atoms with Crippen molar-refractivity contribution in [3.63, 3.8) is 0 Å². The molecule has 0 aliphatic heterocycles. The van der Waals surface area contributed by atoms with Gasteiger partial charge in [-0.1, -0.05) is 160 Å². The predicted molar refractivity (Wildman–Crippen MR) is 257 cm³/mol. The van der Waals surface area contributed by atoms with Crippen LogP contribution in [0.1, 0.15) is 114 Å². The van der Waals surface area contributed by atoms with Gasteiger partial charge in [-0.25, -0.2) is 0 Å². The van der Waals surface area contributed by atoms with Gasteiger partial charge in [0.2, 0.25) is 0 Å². The van der Waals surface area contributed by atoms with Crippen LogP contribution in [-0.2, 0) is 10.8 Å². The van der Waals surface area contributed by atoms with Crippen molar-refractivity contribution < 1.29 is 62.0 Å². The molecular weight excluding hydrogens is 739 g/mol. The highest BCUT2D eigenvalue weighted by atomic mass is 16.3. The quantitative estimate of drug-likeness (QED) is 0.166. The summed E-state index contributed by atoms with van der Waals surface area (Å²) in [6.45, 7) is -11.5. The summed E-state index contributed by atoms with van der Waals surface area (Å²) in [5.41, 5.74) is -27.7. The van der Waals surface area contributed by atoms with Gasteiger partial charge in [0.05, 0.1) is 42.5 Å². The minimum Gasteiger partial charge on any atom is -0.456 e. The van der Waals surface area contributed by atoms with Crippen LogP contribution in [0.3, 0.4) is 0 Å². The zero-order valence-electron chi connectivity index (χ0n) is 72.9. The molecule has 0 saturated heterocycles. The molecule has 292 valence electrons. The van der Waals surface area contributed by atoms with E-state index in [1.54, 1.807) is 0 Å². The Morgan fingerprint density at radius 2 is 1.15 bits per heavy atom. The highest BCUT2D eigenvalue weighted by Gasteiger charge is 2.38. The van der Waals surface area contributed by atoms with Gasteiger partial charge in [-0.05, 0) is 132 Å². The van der Waals surface area contributed by atoms with Gasteiger partial charge < -0.3 is 9.32 Å². The Kier molecular flexibility index (Phi) is 2.84. The van der Waals surface area contributed by atoms with E-state index in [1.807, 2.05) is 0 Å². The molecule has 1 aromatic heterocycles. The third-order valence-corrected chi connectivity index (χ3v) is 10.5. The molecule has 0 spiro atoms. The molecule has 0 saturated carbocycles. The largest absolute Gasteiger partial charge is 0.456 e. The lowest BCUT2D eigenvalue weighted by Gasteiger charge is -2.28. The van der Waals surface area contributed by atoms with E-state index in [0.29, 0.717) is 6.92 Å². The predicted octanol–water partition coefficient (Wildman–Crippen LogP) is 16.5. The third kappa shape index (κ3) is 5.21. The van der Waals surface area contributed by atoms with Gasteiger partial charge in [-0.15, -0.1) is 0 Å². The molecule has 2 heteroatoms. The van der Waals surface area contributed by atoms with Crippen LogP contribution in [0.25, 0.3) is 77.2 Å². The summed E-state index contributed by atoms with van der Waals surface area (Å²) < 4.78 is 397. The topological polar surface area (TPSA) is 16.4 Å². The maximum atomic E-state index is 10.5. The van der Waals surface area contributed by atoms with Crippen molar-refractivity contribution in [1.29, 1.82) is 0 Å². The molecular formula is C59H45NO. The molecule has 2 nitrogen and oxygen atoms in total. The number of para-hydroxylation sites is 1. The average molecular weight is 826 g/mol. The van der Waals surface area contributed by atoms with Crippen molar-refractivity contribution in [2.45, 2.75) is 44.7 Å². The molecule has 2 aliphatic carbocycles. The fourth-order valence-corrected chi connectivity index (χ4v) is 7.69. The van der Waals surface area contributed by atoms with E-state index in [0.717, 1.165) is 0 Å². The molecule has 61 heavy (non-hydrogen) atoms. The summed E-state index contributed by atoms with van der Waals surface area (Å²) >= 11 is 0. The van der Waals surface area contributed by atoms with Gasteiger partial charge >= 0.3 is 0 Å². The van der Waals surface area contributed by atoms with Crippen LogP contribution < -0.4 is 4.90 Å². The van der Waals surface area contributed by atoms with E-state index in [2.05, 4.69) is 0 Å². The van der Waals surface area contributed by atoms with Gasteiger partial charge in [0, 0.05) is 59.8 Å². The Balaban J connectivity index is 1.36. The van der Waals surface area contributed by atoms with Crippen LogP contribution in [0.4, 0.5) is 17.1 Å². The van der Waals surface area contributed by atoms with Crippen molar-refractivity contribution in [3.05, 3.63) is 210 Å². The minimum atomic E-state index is -4.15. The Bertz CT molecular complexity index is 5630. The van der Waals surface area contributed by atoms with E-state index in [9.17, 15) is 26.0 Å². The first-order valence-electron chi connectivity index (χ1n) is 39.1. The summed E-state index contributed by atoms with van der Waals surface area (Å²) in [4.78, 5) is 0.0965. The Morgan fingerprint density at radius 3 is 2.00 bits per heavy atom. The molecule has 1 unspecified atom stereocenters.